The van der Waals surface area contributed by atoms with Crippen molar-refractivity contribution < 1.29 is 4.79 Å². The van der Waals surface area contributed by atoms with Crippen molar-refractivity contribution in [1.29, 1.82) is 5.26 Å². The third-order valence-electron chi connectivity index (χ3n) is 3.00. The van der Waals surface area contributed by atoms with Crippen LogP contribution in [-0.2, 0) is 4.79 Å². The molecule has 1 aliphatic heterocycles. The van der Waals surface area contributed by atoms with Crippen LogP contribution >= 0.6 is 0 Å². The van der Waals surface area contributed by atoms with Crippen LogP contribution in [0.15, 0.2) is 18.2 Å². The van der Waals surface area contributed by atoms with Crippen LogP contribution in [0, 0.1) is 11.3 Å². The first kappa shape index (κ1) is 12.4. The van der Waals surface area contributed by atoms with E-state index in [0.717, 1.165) is 31.7 Å². The van der Waals surface area contributed by atoms with Gasteiger partial charge in [-0.25, -0.2) is 4.98 Å². The first-order valence-corrected chi connectivity index (χ1v) is 6.08. The summed E-state index contributed by atoms with van der Waals surface area (Å²) in [7, 11) is 0. The molecule has 1 aromatic rings. The monoisotopic (exact) mass is 244 g/mol. The summed E-state index contributed by atoms with van der Waals surface area (Å²) in [5, 5.41) is 11.8. The molecule has 1 atom stereocenters. The lowest BCUT2D eigenvalue weighted by molar-refractivity contribution is -0.119. The Kier molecular flexibility index (Phi) is 3.78. The van der Waals surface area contributed by atoms with E-state index in [0.29, 0.717) is 5.69 Å². The average molecular weight is 244 g/mol. The molecule has 1 amide bonds. The largest absolute Gasteiger partial charge is 0.355 e. The lowest BCUT2D eigenvalue weighted by atomic mass is 10.1. The lowest BCUT2D eigenvalue weighted by Gasteiger charge is -2.33. The summed E-state index contributed by atoms with van der Waals surface area (Å²) in [4.78, 5) is 17.5. The van der Waals surface area contributed by atoms with Crippen LogP contribution in [0.4, 0.5) is 5.82 Å². The Morgan fingerprint density at radius 1 is 1.61 bits per heavy atom. The number of pyridine rings is 1. The van der Waals surface area contributed by atoms with E-state index in [4.69, 9.17) is 5.26 Å². The van der Waals surface area contributed by atoms with Crippen molar-refractivity contribution in [3.05, 3.63) is 23.9 Å². The van der Waals surface area contributed by atoms with Gasteiger partial charge in [-0.1, -0.05) is 6.07 Å². The van der Waals surface area contributed by atoms with E-state index in [1.807, 2.05) is 18.2 Å². The van der Waals surface area contributed by atoms with Gasteiger partial charge in [0.15, 0.2) is 0 Å². The molecule has 1 unspecified atom stereocenters. The summed E-state index contributed by atoms with van der Waals surface area (Å²) < 4.78 is 0. The van der Waals surface area contributed by atoms with Crippen molar-refractivity contribution in [2.24, 2.45) is 0 Å². The highest BCUT2D eigenvalue weighted by atomic mass is 16.1. The summed E-state index contributed by atoms with van der Waals surface area (Å²) >= 11 is 0. The van der Waals surface area contributed by atoms with Crippen LogP contribution in [0.25, 0.3) is 0 Å². The maximum Gasteiger partial charge on any atom is 0.217 e. The molecule has 0 spiro atoms. The number of nitriles is 1. The number of carbonyl (C=O) groups is 1. The second-order valence-electron chi connectivity index (χ2n) is 4.48. The Hall–Kier alpha value is -2.09. The minimum absolute atomic E-state index is 0.000541. The fraction of sp³-hybridized carbons (Fsp3) is 0.462. The van der Waals surface area contributed by atoms with Crippen molar-refractivity contribution in [1.82, 2.24) is 10.3 Å². The standard InChI is InChI=1S/C13H16N4O/c1-10(18)15-12-5-3-7-17(9-12)13-6-2-4-11(8-14)16-13/h2,4,6,12H,3,5,7,9H2,1H3,(H,15,18). The van der Waals surface area contributed by atoms with E-state index < -0.39 is 0 Å². The van der Waals surface area contributed by atoms with Crippen LogP contribution in [0.2, 0.25) is 0 Å². The number of hydrogen-bond acceptors (Lipinski definition) is 4. The summed E-state index contributed by atoms with van der Waals surface area (Å²) in [5.74, 6) is 0.810. The molecule has 18 heavy (non-hydrogen) atoms. The number of rotatable bonds is 2. The van der Waals surface area contributed by atoms with Gasteiger partial charge in [0, 0.05) is 26.1 Å². The van der Waals surface area contributed by atoms with Gasteiger partial charge in [0.05, 0.1) is 0 Å². The number of nitrogens with one attached hydrogen (secondary N) is 1. The fourth-order valence-corrected chi connectivity index (χ4v) is 2.25. The van der Waals surface area contributed by atoms with E-state index in [1.165, 1.54) is 6.92 Å². The van der Waals surface area contributed by atoms with Crippen LogP contribution in [0.3, 0.4) is 0 Å². The molecule has 1 saturated heterocycles. The highest BCUT2D eigenvalue weighted by Gasteiger charge is 2.21. The van der Waals surface area contributed by atoms with Gasteiger partial charge in [0.1, 0.15) is 17.6 Å². The number of anilines is 1. The van der Waals surface area contributed by atoms with Crippen molar-refractivity contribution in [2.75, 3.05) is 18.0 Å². The molecular formula is C13H16N4O. The molecule has 0 radical (unpaired) electrons. The minimum Gasteiger partial charge on any atom is -0.355 e. The molecule has 94 valence electrons. The molecule has 1 fully saturated rings. The number of aromatic nitrogens is 1. The number of amides is 1. The van der Waals surface area contributed by atoms with Gasteiger partial charge >= 0.3 is 0 Å². The maximum atomic E-state index is 11.1. The minimum atomic E-state index is 0.000541. The molecule has 5 nitrogen and oxygen atoms in total. The van der Waals surface area contributed by atoms with Gasteiger partial charge in [-0.2, -0.15) is 5.26 Å². The molecule has 1 N–H and O–H groups in total. The molecule has 0 saturated carbocycles. The van der Waals surface area contributed by atoms with Crippen molar-refractivity contribution >= 4 is 11.7 Å². The molecule has 0 aliphatic carbocycles. The molecule has 0 bridgehead atoms. The third kappa shape index (κ3) is 2.98. The molecule has 5 heteroatoms. The van der Waals surface area contributed by atoms with Crippen molar-refractivity contribution in [3.63, 3.8) is 0 Å². The molecule has 2 heterocycles. The smallest absolute Gasteiger partial charge is 0.217 e. The topological polar surface area (TPSA) is 69.0 Å². The summed E-state index contributed by atoms with van der Waals surface area (Å²) in [6.45, 7) is 3.20. The van der Waals surface area contributed by atoms with E-state index >= 15 is 0 Å². The predicted octanol–water partition coefficient (Wildman–Crippen LogP) is 1.06. The highest BCUT2D eigenvalue weighted by Crippen LogP contribution is 2.18. The third-order valence-corrected chi connectivity index (χ3v) is 3.00. The zero-order valence-electron chi connectivity index (χ0n) is 10.4. The fourth-order valence-electron chi connectivity index (χ4n) is 2.25. The number of carbonyl (C=O) groups excluding carboxylic acids is 1. The number of piperidine rings is 1. The van der Waals surface area contributed by atoms with Crippen molar-refractivity contribution in [3.8, 4) is 6.07 Å². The zero-order valence-corrected chi connectivity index (χ0v) is 10.4. The molecule has 1 aromatic heterocycles. The van der Waals surface area contributed by atoms with E-state index in [-0.39, 0.29) is 11.9 Å². The van der Waals surface area contributed by atoms with Gasteiger partial charge < -0.3 is 10.2 Å². The average Bonchev–Trinajstić information content (AvgIpc) is 2.38. The molecule has 1 aliphatic rings. The van der Waals surface area contributed by atoms with Crippen LogP contribution in [0.1, 0.15) is 25.5 Å². The van der Waals surface area contributed by atoms with Crippen LogP contribution < -0.4 is 10.2 Å². The van der Waals surface area contributed by atoms with Crippen molar-refractivity contribution in [2.45, 2.75) is 25.8 Å². The van der Waals surface area contributed by atoms with Gasteiger partial charge in [-0.05, 0) is 25.0 Å². The van der Waals surface area contributed by atoms with Crippen LogP contribution in [0.5, 0.6) is 0 Å². The second kappa shape index (κ2) is 5.50. The van der Waals surface area contributed by atoms with Crippen LogP contribution in [-0.4, -0.2) is 30.0 Å². The number of hydrogen-bond donors (Lipinski definition) is 1. The summed E-state index contributed by atoms with van der Waals surface area (Å²) in [5.41, 5.74) is 0.425. The Labute approximate surface area is 106 Å². The summed E-state index contributed by atoms with van der Waals surface area (Å²) in [6.07, 6.45) is 2.01. The molecular weight excluding hydrogens is 228 g/mol. The quantitative estimate of drug-likeness (QED) is 0.844. The second-order valence-corrected chi connectivity index (χ2v) is 4.48. The predicted molar refractivity (Wildman–Crippen MR) is 68.0 cm³/mol. The molecule has 2 rings (SSSR count). The Balaban J connectivity index is 2.08. The first-order valence-electron chi connectivity index (χ1n) is 6.08. The van der Waals surface area contributed by atoms with E-state index in [1.54, 1.807) is 6.07 Å². The van der Waals surface area contributed by atoms with Gasteiger partial charge in [0.25, 0.3) is 0 Å². The Morgan fingerprint density at radius 3 is 3.17 bits per heavy atom. The van der Waals surface area contributed by atoms with E-state index in [2.05, 4.69) is 15.2 Å². The van der Waals surface area contributed by atoms with Gasteiger partial charge in [-0.3, -0.25) is 4.79 Å². The first-order chi connectivity index (χ1) is 8.69. The highest BCUT2D eigenvalue weighted by molar-refractivity contribution is 5.73. The SMILES string of the molecule is CC(=O)NC1CCCN(c2cccc(C#N)n2)C1. The zero-order chi connectivity index (χ0) is 13.0. The normalized spacial score (nSPS) is 19.1. The lowest BCUT2D eigenvalue weighted by Crippen LogP contribution is -2.47. The Morgan fingerprint density at radius 2 is 2.44 bits per heavy atom. The van der Waals surface area contributed by atoms with E-state index in [9.17, 15) is 4.79 Å². The van der Waals surface area contributed by atoms with Gasteiger partial charge in [-0.15, -0.1) is 0 Å². The van der Waals surface area contributed by atoms with Gasteiger partial charge in [0.2, 0.25) is 5.91 Å². The number of nitrogens with zero attached hydrogens (tertiary/aromatic N) is 3. The maximum absolute atomic E-state index is 11.1. The summed E-state index contributed by atoms with van der Waals surface area (Å²) in [6, 6.07) is 7.64. The molecule has 0 aromatic carbocycles. The Bertz CT molecular complexity index is 480.